The molecule has 0 spiro atoms. The first-order valence-corrected chi connectivity index (χ1v) is 7.96. The van der Waals surface area contributed by atoms with E-state index in [1.54, 1.807) is 0 Å². The third-order valence-corrected chi connectivity index (χ3v) is 5.77. The van der Waals surface area contributed by atoms with Gasteiger partial charge in [0.1, 0.15) is 11.2 Å². The summed E-state index contributed by atoms with van der Waals surface area (Å²) in [5, 5.41) is 10.4. The highest BCUT2D eigenvalue weighted by molar-refractivity contribution is 7.92. The summed E-state index contributed by atoms with van der Waals surface area (Å²) in [4.78, 5) is 22.9. The number of ether oxygens (including phenoxy) is 1. The van der Waals surface area contributed by atoms with Gasteiger partial charge in [-0.3, -0.25) is 9.59 Å². The lowest BCUT2D eigenvalue weighted by Gasteiger charge is -2.24. The highest BCUT2D eigenvalue weighted by Gasteiger charge is 2.40. The maximum atomic E-state index is 12.0. The van der Waals surface area contributed by atoms with Crippen LogP contribution in [0.15, 0.2) is 0 Å². The lowest BCUT2D eigenvalue weighted by molar-refractivity contribution is -0.142. The van der Waals surface area contributed by atoms with Crippen LogP contribution in [-0.4, -0.2) is 55.7 Å². The van der Waals surface area contributed by atoms with E-state index in [1.807, 2.05) is 0 Å². The molecule has 0 aliphatic carbocycles. The van der Waals surface area contributed by atoms with E-state index in [2.05, 4.69) is 5.32 Å². The topological polar surface area (TPSA) is 110 Å². The fourth-order valence-corrected chi connectivity index (χ4v) is 4.28. The predicted molar refractivity (Wildman–Crippen MR) is 65.3 cm³/mol. The monoisotopic (exact) mass is 291 g/mol. The molecule has 2 heterocycles. The molecule has 0 aromatic rings. The first-order valence-electron chi connectivity index (χ1n) is 6.24. The molecule has 2 aliphatic rings. The van der Waals surface area contributed by atoms with Crippen molar-refractivity contribution >= 4 is 21.7 Å². The van der Waals surface area contributed by atoms with Gasteiger partial charge in [-0.2, -0.15) is 0 Å². The fraction of sp³-hybridized carbons (Fsp3) is 0.818. The predicted octanol–water partition coefficient (Wildman–Crippen LogP) is -0.830. The second kappa shape index (κ2) is 5.46. The van der Waals surface area contributed by atoms with Crippen molar-refractivity contribution in [2.45, 2.75) is 30.6 Å². The summed E-state index contributed by atoms with van der Waals surface area (Å²) in [5.74, 6) is -2.43. The first kappa shape index (κ1) is 14.3. The molecule has 0 radical (unpaired) electrons. The molecule has 108 valence electrons. The summed E-state index contributed by atoms with van der Waals surface area (Å²) in [7, 11) is -3.40. The number of carboxylic acid groups (broad SMARTS) is 1. The van der Waals surface area contributed by atoms with Gasteiger partial charge in [-0.25, -0.2) is 8.42 Å². The van der Waals surface area contributed by atoms with Crippen molar-refractivity contribution < 1.29 is 27.9 Å². The molecule has 2 aliphatic heterocycles. The van der Waals surface area contributed by atoms with E-state index in [0.29, 0.717) is 19.3 Å². The van der Waals surface area contributed by atoms with E-state index >= 15 is 0 Å². The standard InChI is InChI=1S/C11H17NO6S/c13-10(9-3-1-2-4-19(9,16)17)12-8-6-18-5-7(8)11(14)15/h7-9H,1-6H2,(H,12,13)(H,14,15). The molecule has 2 saturated heterocycles. The Morgan fingerprint density at radius 2 is 1.95 bits per heavy atom. The smallest absolute Gasteiger partial charge is 0.311 e. The highest BCUT2D eigenvalue weighted by Crippen LogP contribution is 2.21. The van der Waals surface area contributed by atoms with Crippen LogP contribution in [0.4, 0.5) is 0 Å². The zero-order valence-corrected chi connectivity index (χ0v) is 11.2. The van der Waals surface area contributed by atoms with Crippen molar-refractivity contribution in [2.24, 2.45) is 5.92 Å². The molecule has 0 aromatic carbocycles. The van der Waals surface area contributed by atoms with Crippen LogP contribution in [0.2, 0.25) is 0 Å². The van der Waals surface area contributed by atoms with Crippen LogP contribution in [0.1, 0.15) is 19.3 Å². The second-order valence-corrected chi connectivity index (χ2v) is 7.25. The number of rotatable bonds is 3. The van der Waals surface area contributed by atoms with Crippen LogP contribution in [0.3, 0.4) is 0 Å². The molecule has 1 amide bonds. The lowest BCUT2D eigenvalue weighted by atomic mass is 10.0. The quantitative estimate of drug-likeness (QED) is 0.702. The first-order chi connectivity index (χ1) is 8.92. The molecule has 8 heteroatoms. The van der Waals surface area contributed by atoms with Gasteiger partial charge in [0.05, 0.1) is 25.0 Å². The zero-order chi connectivity index (χ0) is 14.0. The average molecular weight is 291 g/mol. The number of aliphatic carboxylic acids is 1. The van der Waals surface area contributed by atoms with Crippen LogP contribution < -0.4 is 5.32 Å². The van der Waals surface area contributed by atoms with Crippen molar-refractivity contribution in [1.29, 1.82) is 0 Å². The molecule has 0 bridgehead atoms. The lowest BCUT2D eigenvalue weighted by Crippen LogP contribution is -2.50. The summed E-state index contributed by atoms with van der Waals surface area (Å²) < 4.78 is 28.6. The largest absolute Gasteiger partial charge is 0.481 e. The second-order valence-electron chi connectivity index (χ2n) is 4.95. The number of carbonyl (C=O) groups is 2. The Balaban J connectivity index is 2.02. The van der Waals surface area contributed by atoms with Gasteiger partial charge >= 0.3 is 5.97 Å². The summed E-state index contributed by atoms with van der Waals surface area (Å²) in [6, 6.07) is -0.651. The summed E-state index contributed by atoms with van der Waals surface area (Å²) >= 11 is 0. The van der Waals surface area contributed by atoms with Gasteiger partial charge in [-0.1, -0.05) is 6.42 Å². The molecule has 19 heavy (non-hydrogen) atoms. The maximum absolute atomic E-state index is 12.0. The van der Waals surface area contributed by atoms with Crippen molar-refractivity contribution in [3.63, 3.8) is 0 Å². The van der Waals surface area contributed by atoms with Gasteiger partial charge in [0.25, 0.3) is 0 Å². The van der Waals surface area contributed by atoms with Crippen LogP contribution >= 0.6 is 0 Å². The molecule has 2 rings (SSSR count). The minimum Gasteiger partial charge on any atom is -0.481 e. The maximum Gasteiger partial charge on any atom is 0.311 e. The van der Waals surface area contributed by atoms with E-state index in [9.17, 15) is 18.0 Å². The van der Waals surface area contributed by atoms with Gasteiger partial charge in [-0.05, 0) is 12.8 Å². The Hall–Kier alpha value is -1.15. The third-order valence-electron chi connectivity index (χ3n) is 3.60. The highest BCUT2D eigenvalue weighted by atomic mass is 32.2. The molecule has 0 saturated carbocycles. The summed E-state index contributed by atoms with van der Waals surface area (Å²) in [6.45, 7) is 0.146. The van der Waals surface area contributed by atoms with Gasteiger partial charge < -0.3 is 15.2 Å². The van der Waals surface area contributed by atoms with E-state index < -0.39 is 38.9 Å². The van der Waals surface area contributed by atoms with Crippen LogP contribution in [0, 0.1) is 5.92 Å². The molecule has 2 N–H and O–H groups in total. The number of amides is 1. The van der Waals surface area contributed by atoms with Crippen molar-refractivity contribution in [2.75, 3.05) is 19.0 Å². The Morgan fingerprint density at radius 1 is 1.21 bits per heavy atom. The number of nitrogens with one attached hydrogen (secondary N) is 1. The zero-order valence-electron chi connectivity index (χ0n) is 10.4. The molecule has 3 atom stereocenters. The molecular weight excluding hydrogens is 274 g/mol. The van der Waals surface area contributed by atoms with Crippen molar-refractivity contribution in [1.82, 2.24) is 5.32 Å². The van der Waals surface area contributed by atoms with Crippen LogP contribution in [0.5, 0.6) is 0 Å². The summed E-state index contributed by atoms with van der Waals surface area (Å²) in [6.07, 6.45) is 1.58. The SMILES string of the molecule is O=C(O)C1COCC1NC(=O)C1CCCCS1(=O)=O. The average Bonchev–Trinajstić information content (AvgIpc) is 2.76. The van der Waals surface area contributed by atoms with Crippen LogP contribution in [0.25, 0.3) is 0 Å². The minimum absolute atomic E-state index is 0.0224. The Bertz CT molecular complexity index is 474. The fourth-order valence-electron chi connectivity index (χ4n) is 2.46. The number of hydrogen-bond donors (Lipinski definition) is 2. The van der Waals surface area contributed by atoms with Crippen molar-refractivity contribution in [3.05, 3.63) is 0 Å². The van der Waals surface area contributed by atoms with Gasteiger partial charge in [0.2, 0.25) is 5.91 Å². The minimum atomic E-state index is -3.40. The molecule has 3 unspecified atom stereocenters. The molecule has 7 nitrogen and oxygen atoms in total. The summed E-state index contributed by atoms with van der Waals surface area (Å²) in [5.41, 5.74) is 0. The third kappa shape index (κ3) is 3.06. The molecule has 2 fully saturated rings. The normalized spacial score (nSPS) is 33.8. The van der Waals surface area contributed by atoms with Gasteiger partial charge in [0.15, 0.2) is 9.84 Å². The van der Waals surface area contributed by atoms with Gasteiger partial charge in [-0.15, -0.1) is 0 Å². The number of carboxylic acids is 1. The Morgan fingerprint density at radius 3 is 2.58 bits per heavy atom. The molecular formula is C11H17NO6S. The van der Waals surface area contributed by atoms with E-state index in [0.717, 1.165) is 0 Å². The Labute approximate surface area is 111 Å². The van der Waals surface area contributed by atoms with E-state index in [1.165, 1.54) is 0 Å². The van der Waals surface area contributed by atoms with E-state index in [4.69, 9.17) is 9.84 Å². The molecule has 0 aromatic heterocycles. The number of sulfone groups is 1. The van der Waals surface area contributed by atoms with Crippen molar-refractivity contribution in [3.8, 4) is 0 Å². The number of carbonyl (C=O) groups excluding carboxylic acids is 1. The van der Waals surface area contributed by atoms with Crippen LogP contribution in [-0.2, 0) is 24.2 Å². The van der Waals surface area contributed by atoms with Gasteiger partial charge in [0, 0.05) is 0 Å². The number of hydrogen-bond acceptors (Lipinski definition) is 5. The Kier molecular flexibility index (Phi) is 4.10. The van der Waals surface area contributed by atoms with E-state index in [-0.39, 0.29) is 19.0 Å².